The molecule has 0 bridgehead atoms. The molecule has 2 amide bonds. The summed E-state index contributed by atoms with van der Waals surface area (Å²) in [6.45, 7) is 0.434. The van der Waals surface area contributed by atoms with E-state index < -0.39 is 0 Å². The standard InChI is InChI=1S/C19H17FN4O/c20-13-4-5-14-11(7-13)8-15-17(14)18(15)23-19(25)21-9-12-10-22-24-6-2-1-3-16(12)24/h1-7,10,15,17-18H,8-9H2,(H2,21,23,25). The van der Waals surface area contributed by atoms with Gasteiger partial charge < -0.3 is 10.6 Å². The third-order valence-electron chi connectivity index (χ3n) is 5.33. The van der Waals surface area contributed by atoms with E-state index in [0.29, 0.717) is 18.4 Å². The molecule has 0 radical (unpaired) electrons. The summed E-state index contributed by atoms with van der Waals surface area (Å²) in [6, 6.07) is 10.8. The van der Waals surface area contributed by atoms with Gasteiger partial charge >= 0.3 is 6.03 Å². The van der Waals surface area contributed by atoms with Gasteiger partial charge in [0.15, 0.2) is 0 Å². The minimum absolute atomic E-state index is 0.155. The summed E-state index contributed by atoms with van der Waals surface area (Å²) in [4.78, 5) is 12.2. The molecule has 5 nitrogen and oxygen atoms in total. The van der Waals surface area contributed by atoms with Gasteiger partial charge in [-0.05, 0) is 47.7 Å². The number of fused-ring (bicyclic) bond motifs is 4. The molecule has 1 saturated carbocycles. The maximum atomic E-state index is 13.3. The van der Waals surface area contributed by atoms with Crippen molar-refractivity contribution >= 4 is 11.5 Å². The Morgan fingerprint density at radius 3 is 3.16 bits per heavy atom. The summed E-state index contributed by atoms with van der Waals surface area (Å²) in [5, 5.41) is 10.2. The van der Waals surface area contributed by atoms with Crippen LogP contribution in [0.1, 0.15) is 22.6 Å². The van der Waals surface area contributed by atoms with Gasteiger partial charge in [-0.25, -0.2) is 13.7 Å². The van der Waals surface area contributed by atoms with E-state index in [4.69, 9.17) is 0 Å². The van der Waals surface area contributed by atoms with Crippen molar-refractivity contribution in [1.29, 1.82) is 0 Å². The van der Waals surface area contributed by atoms with E-state index in [-0.39, 0.29) is 17.9 Å². The quantitative estimate of drug-likeness (QED) is 0.772. The molecule has 2 aliphatic rings. The highest BCUT2D eigenvalue weighted by Gasteiger charge is 2.56. The predicted molar refractivity (Wildman–Crippen MR) is 90.7 cm³/mol. The fourth-order valence-electron chi connectivity index (χ4n) is 4.08. The fraction of sp³-hybridized carbons (Fsp3) is 0.263. The molecule has 0 aliphatic heterocycles. The number of benzene rings is 1. The van der Waals surface area contributed by atoms with Gasteiger partial charge in [0.2, 0.25) is 0 Å². The fourth-order valence-corrected chi connectivity index (χ4v) is 4.08. The normalized spacial score (nSPS) is 23.2. The number of pyridine rings is 1. The third-order valence-corrected chi connectivity index (χ3v) is 5.33. The van der Waals surface area contributed by atoms with Crippen LogP contribution in [-0.4, -0.2) is 21.7 Å². The van der Waals surface area contributed by atoms with Gasteiger partial charge in [-0.15, -0.1) is 0 Å². The van der Waals surface area contributed by atoms with Gasteiger partial charge in [-0.1, -0.05) is 12.1 Å². The molecule has 1 fully saturated rings. The number of halogens is 1. The number of amides is 2. The number of nitrogens with one attached hydrogen (secondary N) is 2. The molecule has 0 spiro atoms. The number of rotatable bonds is 3. The van der Waals surface area contributed by atoms with Crippen LogP contribution < -0.4 is 10.6 Å². The molecular formula is C19H17FN4O. The van der Waals surface area contributed by atoms with Crippen LogP contribution in [0.15, 0.2) is 48.8 Å². The highest BCUT2D eigenvalue weighted by molar-refractivity contribution is 5.75. The lowest BCUT2D eigenvalue weighted by Crippen LogP contribution is -2.38. The number of nitrogens with zero attached hydrogens (tertiary/aromatic N) is 2. The average Bonchev–Trinajstić information content (AvgIpc) is 2.97. The van der Waals surface area contributed by atoms with E-state index in [1.54, 1.807) is 16.8 Å². The van der Waals surface area contributed by atoms with Crippen LogP contribution in [-0.2, 0) is 13.0 Å². The van der Waals surface area contributed by atoms with E-state index in [9.17, 15) is 9.18 Å². The zero-order chi connectivity index (χ0) is 17.0. The van der Waals surface area contributed by atoms with Gasteiger partial charge in [-0.3, -0.25) is 0 Å². The summed E-state index contributed by atoms with van der Waals surface area (Å²) >= 11 is 0. The Morgan fingerprint density at radius 1 is 1.32 bits per heavy atom. The van der Waals surface area contributed by atoms with Crippen molar-refractivity contribution in [2.75, 3.05) is 0 Å². The summed E-state index contributed by atoms with van der Waals surface area (Å²) < 4.78 is 15.1. The molecule has 3 atom stereocenters. The maximum absolute atomic E-state index is 13.3. The lowest BCUT2D eigenvalue weighted by molar-refractivity contribution is 0.239. The highest BCUT2D eigenvalue weighted by atomic mass is 19.1. The smallest absolute Gasteiger partial charge is 0.315 e. The van der Waals surface area contributed by atoms with Gasteiger partial charge in [0.05, 0.1) is 11.7 Å². The number of carbonyl (C=O) groups excluding carboxylic acids is 1. The predicted octanol–water partition coefficient (Wildman–Crippen LogP) is 2.61. The molecule has 0 saturated heterocycles. The third kappa shape index (κ3) is 2.36. The minimum Gasteiger partial charge on any atom is -0.334 e. The molecule has 2 aromatic heterocycles. The molecule has 3 aromatic rings. The summed E-state index contributed by atoms with van der Waals surface area (Å²) in [6.07, 6.45) is 4.49. The molecule has 126 valence electrons. The Morgan fingerprint density at radius 2 is 2.24 bits per heavy atom. The van der Waals surface area contributed by atoms with Gasteiger partial charge in [-0.2, -0.15) is 5.10 Å². The summed E-state index contributed by atoms with van der Waals surface area (Å²) in [5.41, 5.74) is 4.23. The maximum Gasteiger partial charge on any atom is 0.315 e. The number of urea groups is 1. The SMILES string of the molecule is O=C(NCc1cnn2ccccc12)NC1C2Cc3cc(F)ccc3C21. The van der Waals surface area contributed by atoms with E-state index in [0.717, 1.165) is 23.1 Å². The second kappa shape index (κ2) is 5.31. The molecule has 2 N–H and O–H groups in total. The largest absolute Gasteiger partial charge is 0.334 e. The molecule has 6 heteroatoms. The molecule has 3 unspecified atom stereocenters. The Bertz CT molecular complexity index is 982. The minimum atomic E-state index is -0.185. The van der Waals surface area contributed by atoms with Crippen LogP contribution in [0.2, 0.25) is 0 Å². The lowest BCUT2D eigenvalue weighted by atomic mass is 10.0. The second-order valence-electron chi connectivity index (χ2n) is 6.79. The Balaban J connectivity index is 1.21. The Kier molecular flexibility index (Phi) is 3.07. The topological polar surface area (TPSA) is 58.4 Å². The number of hydrogen-bond donors (Lipinski definition) is 2. The van der Waals surface area contributed by atoms with Crippen LogP contribution in [0.5, 0.6) is 0 Å². The lowest BCUT2D eigenvalue weighted by Gasteiger charge is -2.10. The second-order valence-corrected chi connectivity index (χ2v) is 6.79. The van der Waals surface area contributed by atoms with Crippen molar-refractivity contribution in [2.45, 2.75) is 24.9 Å². The molecular weight excluding hydrogens is 319 g/mol. The van der Waals surface area contributed by atoms with E-state index in [1.807, 2.05) is 30.5 Å². The highest BCUT2D eigenvalue weighted by Crippen LogP contribution is 2.56. The van der Waals surface area contributed by atoms with Crippen molar-refractivity contribution in [3.63, 3.8) is 0 Å². The van der Waals surface area contributed by atoms with Crippen molar-refractivity contribution < 1.29 is 9.18 Å². The Labute approximate surface area is 143 Å². The van der Waals surface area contributed by atoms with Gasteiger partial charge in [0, 0.05) is 30.3 Å². The number of carbonyl (C=O) groups is 1. The zero-order valence-electron chi connectivity index (χ0n) is 13.4. The Hall–Kier alpha value is -2.89. The van der Waals surface area contributed by atoms with Crippen molar-refractivity contribution in [3.05, 3.63) is 71.3 Å². The van der Waals surface area contributed by atoms with Crippen molar-refractivity contribution in [3.8, 4) is 0 Å². The van der Waals surface area contributed by atoms with Crippen LogP contribution in [0.4, 0.5) is 9.18 Å². The van der Waals surface area contributed by atoms with Crippen LogP contribution in [0, 0.1) is 11.7 Å². The van der Waals surface area contributed by atoms with Crippen molar-refractivity contribution in [2.24, 2.45) is 5.92 Å². The van der Waals surface area contributed by atoms with E-state index in [1.165, 1.54) is 11.6 Å². The van der Waals surface area contributed by atoms with Gasteiger partial charge in [0.25, 0.3) is 0 Å². The monoisotopic (exact) mass is 336 g/mol. The first-order valence-electron chi connectivity index (χ1n) is 8.44. The van der Waals surface area contributed by atoms with E-state index >= 15 is 0 Å². The molecule has 25 heavy (non-hydrogen) atoms. The van der Waals surface area contributed by atoms with Crippen molar-refractivity contribution in [1.82, 2.24) is 20.2 Å². The van der Waals surface area contributed by atoms with Crippen LogP contribution in [0.25, 0.3) is 5.52 Å². The number of hydrogen-bond acceptors (Lipinski definition) is 2. The molecule has 2 heterocycles. The summed E-state index contributed by atoms with van der Waals surface area (Å²) in [7, 11) is 0. The van der Waals surface area contributed by atoms with Crippen LogP contribution in [0.3, 0.4) is 0 Å². The van der Waals surface area contributed by atoms with E-state index in [2.05, 4.69) is 15.7 Å². The molecule has 1 aromatic carbocycles. The summed E-state index contributed by atoms with van der Waals surface area (Å²) in [5.74, 6) is 0.550. The average molecular weight is 336 g/mol. The molecule has 2 aliphatic carbocycles. The number of aromatic nitrogens is 2. The van der Waals surface area contributed by atoms with Gasteiger partial charge in [0.1, 0.15) is 5.82 Å². The van der Waals surface area contributed by atoms with Crippen LogP contribution >= 0.6 is 0 Å². The zero-order valence-corrected chi connectivity index (χ0v) is 13.4. The first-order valence-corrected chi connectivity index (χ1v) is 8.44. The first-order chi connectivity index (χ1) is 12.2. The molecule has 5 rings (SSSR count). The first kappa shape index (κ1) is 14.5.